The minimum absolute atomic E-state index is 0.226. The van der Waals surface area contributed by atoms with E-state index in [1.807, 2.05) is 17.0 Å². The Morgan fingerprint density at radius 3 is 2.40 bits per heavy atom. The molecule has 0 bridgehead atoms. The molecule has 110 valence electrons. The van der Waals surface area contributed by atoms with Gasteiger partial charge in [0.25, 0.3) is 0 Å². The maximum absolute atomic E-state index is 13.0. The first-order valence-electron chi connectivity index (χ1n) is 7.57. The minimum atomic E-state index is -0.393. The summed E-state index contributed by atoms with van der Waals surface area (Å²) < 4.78 is 0. The minimum Gasteiger partial charge on any atom is -0.335 e. The molecular formula is C16H25N3O. The van der Waals surface area contributed by atoms with Crippen LogP contribution in [0.4, 0.5) is 0 Å². The summed E-state index contributed by atoms with van der Waals surface area (Å²) in [6, 6.07) is 4.36. The van der Waals surface area contributed by atoms with Gasteiger partial charge in [-0.15, -0.1) is 0 Å². The van der Waals surface area contributed by atoms with Gasteiger partial charge in [-0.2, -0.15) is 0 Å². The summed E-state index contributed by atoms with van der Waals surface area (Å²) in [5, 5.41) is 0. The maximum Gasteiger partial charge on any atom is 0.230 e. The fourth-order valence-corrected chi connectivity index (χ4v) is 2.67. The normalized spacial score (nSPS) is 15.2. The molecule has 2 rings (SSSR count). The van der Waals surface area contributed by atoms with Crippen LogP contribution >= 0.6 is 0 Å². The van der Waals surface area contributed by atoms with Crippen molar-refractivity contribution in [2.75, 3.05) is 6.54 Å². The lowest BCUT2D eigenvalue weighted by Gasteiger charge is -2.35. The quantitative estimate of drug-likeness (QED) is 0.831. The summed E-state index contributed by atoms with van der Waals surface area (Å²) >= 11 is 0. The van der Waals surface area contributed by atoms with Crippen LogP contribution < -0.4 is 5.73 Å². The Hall–Kier alpha value is -1.42. The third-order valence-corrected chi connectivity index (χ3v) is 4.55. The smallest absolute Gasteiger partial charge is 0.230 e. The van der Waals surface area contributed by atoms with Crippen molar-refractivity contribution in [2.45, 2.75) is 52.1 Å². The third-order valence-electron chi connectivity index (χ3n) is 4.55. The number of aromatic nitrogens is 1. The monoisotopic (exact) mass is 275 g/mol. The second kappa shape index (κ2) is 6.35. The zero-order valence-electron chi connectivity index (χ0n) is 12.5. The van der Waals surface area contributed by atoms with Gasteiger partial charge in [-0.25, -0.2) is 0 Å². The molecule has 1 aliphatic carbocycles. The Morgan fingerprint density at radius 1 is 1.35 bits per heavy atom. The van der Waals surface area contributed by atoms with E-state index < -0.39 is 5.41 Å². The molecule has 0 radical (unpaired) electrons. The summed E-state index contributed by atoms with van der Waals surface area (Å²) in [5.41, 5.74) is 6.67. The van der Waals surface area contributed by atoms with Crippen molar-refractivity contribution in [1.82, 2.24) is 9.88 Å². The highest BCUT2D eigenvalue weighted by Gasteiger charge is 2.42. The first-order valence-corrected chi connectivity index (χ1v) is 7.57. The molecule has 0 unspecified atom stereocenters. The highest BCUT2D eigenvalue weighted by molar-refractivity contribution is 5.83. The van der Waals surface area contributed by atoms with Crippen molar-refractivity contribution in [1.29, 1.82) is 0 Å². The molecular weight excluding hydrogens is 250 g/mol. The lowest BCUT2D eigenvalue weighted by Crippen LogP contribution is -2.48. The Morgan fingerprint density at radius 2 is 1.95 bits per heavy atom. The number of carbonyl (C=O) groups is 1. The summed E-state index contributed by atoms with van der Waals surface area (Å²) in [6.07, 6.45) is 7.40. The molecule has 1 saturated carbocycles. The second-order valence-corrected chi connectivity index (χ2v) is 5.71. The average molecular weight is 275 g/mol. The largest absolute Gasteiger partial charge is 0.335 e. The second-order valence-electron chi connectivity index (χ2n) is 5.71. The number of carbonyl (C=O) groups excluding carboxylic acids is 1. The van der Waals surface area contributed by atoms with E-state index in [1.54, 1.807) is 12.4 Å². The molecule has 0 aliphatic heterocycles. The predicted octanol–water partition coefficient (Wildman–Crippen LogP) is 2.34. The van der Waals surface area contributed by atoms with Crippen LogP contribution in [0.1, 0.15) is 45.1 Å². The van der Waals surface area contributed by atoms with E-state index in [2.05, 4.69) is 18.8 Å². The van der Waals surface area contributed by atoms with Gasteiger partial charge in [-0.3, -0.25) is 9.78 Å². The van der Waals surface area contributed by atoms with Crippen molar-refractivity contribution in [3.8, 4) is 0 Å². The fraction of sp³-hybridized carbons (Fsp3) is 0.625. The molecule has 1 aliphatic rings. The van der Waals surface area contributed by atoms with Crippen LogP contribution in [0.3, 0.4) is 0 Å². The maximum atomic E-state index is 13.0. The highest BCUT2D eigenvalue weighted by atomic mass is 16.2. The molecule has 0 aromatic carbocycles. The van der Waals surface area contributed by atoms with E-state index in [1.165, 1.54) is 0 Å². The molecule has 1 fully saturated rings. The standard InChI is InChI=1S/C16H25N3O/c1-3-16(4-2,12-17)15(20)19(14-5-6-14)11-13-7-9-18-10-8-13/h7-10,14H,3-6,11-12,17H2,1-2H3. The van der Waals surface area contributed by atoms with Crippen molar-refractivity contribution < 1.29 is 4.79 Å². The average Bonchev–Trinajstić information content (AvgIpc) is 3.33. The van der Waals surface area contributed by atoms with Gasteiger partial charge in [0.1, 0.15) is 0 Å². The van der Waals surface area contributed by atoms with E-state index in [0.29, 0.717) is 19.1 Å². The zero-order valence-corrected chi connectivity index (χ0v) is 12.5. The van der Waals surface area contributed by atoms with Gasteiger partial charge < -0.3 is 10.6 Å². The van der Waals surface area contributed by atoms with Crippen molar-refractivity contribution in [2.24, 2.45) is 11.1 Å². The number of amides is 1. The first-order chi connectivity index (χ1) is 9.66. The summed E-state index contributed by atoms with van der Waals surface area (Å²) in [5.74, 6) is 0.226. The van der Waals surface area contributed by atoms with Crippen LogP contribution in [-0.2, 0) is 11.3 Å². The van der Waals surface area contributed by atoms with Gasteiger partial charge in [-0.05, 0) is 43.4 Å². The van der Waals surface area contributed by atoms with E-state index in [9.17, 15) is 4.79 Å². The predicted molar refractivity (Wildman–Crippen MR) is 79.9 cm³/mol. The molecule has 20 heavy (non-hydrogen) atoms. The molecule has 1 aromatic heterocycles. The van der Waals surface area contributed by atoms with Crippen LogP contribution in [0, 0.1) is 5.41 Å². The first kappa shape index (κ1) is 15.0. The molecule has 0 spiro atoms. The molecule has 0 atom stereocenters. The summed E-state index contributed by atoms with van der Waals surface area (Å²) in [4.78, 5) is 19.0. The lowest BCUT2D eigenvalue weighted by molar-refractivity contribution is -0.143. The Balaban J connectivity index is 2.18. The Labute approximate surface area is 121 Å². The Kier molecular flexibility index (Phi) is 4.76. The van der Waals surface area contributed by atoms with Crippen molar-refractivity contribution in [3.63, 3.8) is 0 Å². The summed E-state index contributed by atoms with van der Waals surface area (Å²) in [7, 11) is 0. The number of hydrogen-bond acceptors (Lipinski definition) is 3. The van der Waals surface area contributed by atoms with E-state index in [0.717, 1.165) is 31.2 Å². The molecule has 1 heterocycles. The number of rotatable bonds is 7. The van der Waals surface area contributed by atoms with E-state index in [4.69, 9.17) is 5.73 Å². The van der Waals surface area contributed by atoms with Crippen LogP contribution in [0.15, 0.2) is 24.5 Å². The number of nitrogens with zero attached hydrogens (tertiary/aromatic N) is 2. The van der Waals surface area contributed by atoms with Crippen molar-refractivity contribution >= 4 is 5.91 Å². The van der Waals surface area contributed by atoms with Crippen LogP contribution in [0.5, 0.6) is 0 Å². The van der Waals surface area contributed by atoms with Gasteiger partial charge in [0, 0.05) is 31.5 Å². The van der Waals surface area contributed by atoms with Gasteiger partial charge in [0.2, 0.25) is 5.91 Å². The van der Waals surface area contributed by atoms with Crippen LogP contribution in [0.25, 0.3) is 0 Å². The van der Waals surface area contributed by atoms with Crippen LogP contribution in [0.2, 0.25) is 0 Å². The van der Waals surface area contributed by atoms with Crippen molar-refractivity contribution in [3.05, 3.63) is 30.1 Å². The molecule has 0 saturated heterocycles. The molecule has 1 amide bonds. The summed E-state index contributed by atoms with van der Waals surface area (Å²) in [6.45, 7) is 5.23. The Bertz CT molecular complexity index is 430. The van der Waals surface area contributed by atoms with Crippen LogP contribution in [-0.4, -0.2) is 28.4 Å². The van der Waals surface area contributed by atoms with Gasteiger partial charge >= 0.3 is 0 Å². The van der Waals surface area contributed by atoms with E-state index in [-0.39, 0.29) is 5.91 Å². The lowest BCUT2D eigenvalue weighted by atomic mass is 9.80. The number of pyridine rings is 1. The molecule has 2 N–H and O–H groups in total. The van der Waals surface area contributed by atoms with E-state index >= 15 is 0 Å². The van der Waals surface area contributed by atoms with Gasteiger partial charge in [0.05, 0.1) is 5.41 Å². The molecule has 4 heteroatoms. The third kappa shape index (κ3) is 3.01. The number of nitrogens with two attached hydrogens (primary N) is 1. The fourth-order valence-electron chi connectivity index (χ4n) is 2.67. The SMILES string of the molecule is CCC(CC)(CN)C(=O)N(Cc1ccncc1)C1CC1. The molecule has 1 aromatic rings. The zero-order chi connectivity index (χ0) is 14.6. The van der Waals surface area contributed by atoms with Gasteiger partial charge in [0.15, 0.2) is 0 Å². The topological polar surface area (TPSA) is 59.2 Å². The highest BCUT2D eigenvalue weighted by Crippen LogP contribution is 2.35. The molecule has 4 nitrogen and oxygen atoms in total. The van der Waals surface area contributed by atoms with Gasteiger partial charge in [-0.1, -0.05) is 13.8 Å². The number of hydrogen-bond donors (Lipinski definition) is 1.